The number of pyridine rings is 1. The van der Waals surface area contributed by atoms with Gasteiger partial charge in [0.05, 0.1) is 23.3 Å². The molecule has 3 aromatic rings. The van der Waals surface area contributed by atoms with Gasteiger partial charge in [-0.25, -0.2) is 9.97 Å². The van der Waals surface area contributed by atoms with Crippen LogP contribution in [0.1, 0.15) is 30.5 Å². The zero-order valence-electron chi connectivity index (χ0n) is 19.8. The van der Waals surface area contributed by atoms with Gasteiger partial charge in [0.2, 0.25) is 5.95 Å². The minimum atomic E-state index is -4.47. The van der Waals surface area contributed by atoms with Gasteiger partial charge in [-0.15, -0.1) is 0 Å². The molecule has 2 aromatic heterocycles. The Morgan fingerprint density at radius 3 is 2.37 bits per heavy atom. The molecule has 0 bridgehead atoms. The third kappa shape index (κ3) is 4.90. The summed E-state index contributed by atoms with van der Waals surface area (Å²) in [4.78, 5) is 20.7. The molecule has 1 aromatic carbocycles. The number of hydrogen-bond donors (Lipinski definition) is 2. The number of nitrogens with two attached hydrogens (primary N) is 1. The zero-order chi connectivity index (χ0) is 24.7. The number of hydrogen-bond acceptors (Lipinski definition) is 8. The van der Waals surface area contributed by atoms with E-state index in [1.807, 2.05) is 6.07 Å². The standard InChI is InChI=1S/C24H29F3N8/c1-15(16-10-17(24(25,26)27)12-18(28)11-16)30-22-19-13-21(34-8-6-33(2)7-9-34)29-14-20(19)31-23(32-22)35-4-3-5-35/h10-15H,3-9,28H2,1-2H3,(H,30,31,32)/t15-/m1/s1. The van der Waals surface area contributed by atoms with Crippen molar-refractivity contribution in [3.8, 4) is 0 Å². The van der Waals surface area contributed by atoms with E-state index in [9.17, 15) is 13.2 Å². The van der Waals surface area contributed by atoms with Crippen molar-refractivity contribution in [1.82, 2.24) is 19.9 Å². The number of benzene rings is 1. The van der Waals surface area contributed by atoms with E-state index < -0.39 is 17.8 Å². The number of fused-ring (bicyclic) bond motifs is 1. The van der Waals surface area contributed by atoms with Gasteiger partial charge in [-0.3, -0.25) is 0 Å². The molecule has 4 heterocycles. The van der Waals surface area contributed by atoms with Crippen molar-refractivity contribution in [3.63, 3.8) is 0 Å². The van der Waals surface area contributed by atoms with Crippen molar-refractivity contribution in [2.75, 3.05) is 67.2 Å². The molecule has 186 valence electrons. The first-order valence-corrected chi connectivity index (χ1v) is 11.8. The molecule has 0 saturated carbocycles. The van der Waals surface area contributed by atoms with Crippen LogP contribution < -0.4 is 20.9 Å². The SMILES string of the molecule is C[C@@H](Nc1nc(N2CCC2)nc2cnc(N3CCN(C)CC3)cc12)c1cc(N)cc(C(F)(F)F)c1. The zero-order valence-corrected chi connectivity index (χ0v) is 19.8. The molecule has 0 aliphatic carbocycles. The lowest BCUT2D eigenvalue weighted by atomic mass is 10.0. The number of rotatable bonds is 5. The fourth-order valence-corrected chi connectivity index (χ4v) is 4.36. The number of halogens is 3. The van der Waals surface area contributed by atoms with Gasteiger partial charge in [0.15, 0.2) is 0 Å². The third-order valence-corrected chi connectivity index (χ3v) is 6.68. The van der Waals surface area contributed by atoms with Crippen molar-refractivity contribution >= 4 is 34.2 Å². The average Bonchev–Trinajstić information content (AvgIpc) is 2.77. The Bertz CT molecular complexity index is 1220. The van der Waals surface area contributed by atoms with E-state index in [0.717, 1.165) is 69.0 Å². The van der Waals surface area contributed by atoms with Crippen LogP contribution in [0.4, 0.5) is 36.4 Å². The van der Waals surface area contributed by atoms with E-state index in [2.05, 4.69) is 32.0 Å². The monoisotopic (exact) mass is 486 g/mol. The van der Waals surface area contributed by atoms with Crippen molar-refractivity contribution in [1.29, 1.82) is 0 Å². The molecule has 2 fully saturated rings. The fourth-order valence-electron chi connectivity index (χ4n) is 4.36. The molecule has 2 saturated heterocycles. The summed E-state index contributed by atoms with van der Waals surface area (Å²) in [5.41, 5.74) is 6.23. The highest BCUT2D eigenvalue weighted by Crippen LogP contribution is 2.35. The second-order valence-corrected chi connectivity index (χ2v) is 9.31. The summed E-state index contributed by atoms with van der Waals surface area (Å²) in [5, 5.41) is 4.11. The number of anilines is 4. The average molecular weight is 487 g/mol. The van der Waals surface area contributed by atoms with Crippen LogP contribution in [0.5, 0.6) is 0 Å². The molecule has 3 N–H and O–H groups in total. The molecule has 11 heteroatoms. The van der Waals surface area contributed by atoms with Crippen LogP contribution >= 0.6 is 0 Å². The molecule has 0 radical (unpaired) electrons. The topological polar surface area (TPSA) is 86.4 Å². The van der Waals surface area contributed by atoms with E-state index in [0.29, 0.717) is 22.8 Å². The quantitative estimate of drug-likeness (QED) is 0.528. The number of nitrogens with one attached hydrogen (secondary N) is 1. The first-order chi connectivity index (χ1) is 16.7. The Morgan fingerprint density at radius 2 is 1.71 bits per heavy atom. The number of nitrogens with zero attached hydrogens (tertiary/aromatic N) is 6. The van der Waals surface area contributed by atoms with Crippen LogP contribution in [-0.2, 0) is 6.18 Å². The Morgan fingerprint density at radius 1 is 0.971 bits per heavy atom. The van der Waals surface area contributed by atoms with E-state index in [-0.39, 0.29) is 5.69 Å². The number of aromatic nitrogens is 3. The number of alkyl halides is 3. The Balaban J connectivity index is 1.52. The van der Waals surface area contributed by atoms with Crippen molar-refractivity contribution < 1.29 is 13.2 Å². The van der Waals surface area contributed by atoms with Gasteiger partial charge in [0, 0.05) is 50.3 Å². The van der Waals surface area contributed by atoms with Gasteiger partial charge in [-0.05, 0) is 50.2 Å². The summed E-state index contributed by atoms with van der Waals surface area (Å²) in [5.74, 6) is 2.00. The summed E-state index contributed by atoms with van der Waals surface area (Å²) in [6.07, 6.45) is -1.64. The lowest BCUT2D eigenvalue weighted by Crippen LogP contribution is -2.44. The number of nitrogen functional groups attached to an aromatic ring is 1. The molecular weight excluding hydrogens is 457 g/mol. The Labute approximate surface area is 201 Å². The predicted octanol–water partition coefficient (Wildman–Crippen LogP) is 3.76. The highest BCUT2D eigenvalue weighted by Gasteiger charge is 2.31. The molecule has 5 rings (SSSR count). The highest BCUT2D eigenvalue weighted by molar-refractivity contribution is 5.91. The van der Waals surface area contributed by atoms with Gasteiger partial charge >= 0.3 is 6.18 Å². The van der Waals surface area contributed by atoms with Gasteiger partial charge in [0.1, 0.15) is 11.6 Å². The molecule has 0 spiro atoms. The summed E-state index contributed by atoms with van der Waals surface area (Å²) in [6.45, 7) is 7.17. The van der Waals surface area contributed by atoms with Crippen LogP contribution in [0.15, 0.2) is 30.5 Å². The second kappa shape index (κ2) is 9.03. The van der Waals surface area contributed by atoms with Crippen LogP contribution in [0.2, 0.25) is 0 Å². The molecule has 0 amide bonds. The summed E-state index contributed by atoms with van der Waals surface area (Å²) in [6, 6.07) is 5.14. The van der Waals surface area contributed by atoms with E-state index in [4.69, 9.17) is 15.7 Å². The molecule has 8 nitrogen and oxygen atoms in total. The lowest BCUT2D eigenvalue weighted by molar-refractivity contribution is -0.137. The van der Waals surface area contributed by atoms with Gasteiger partial charge < -0.3 is 25.8 Å². The van der Waals surface area contributed by atoms with Crippen LogP contribution in [0.3, 0.4) is 0 Å². The number of likely N-dealkylation sites (N-methyl/N-ethyl adjacent to an activating group) is 1. The smallest absolute Gasteiger partial charge is 0.399 e. The normalized spacial score (nSPS) is 18.0. The van der Waals surface area contributed by atoms with Crippen LogP contribution in [-0.4, -0.2) is 66.2 Å². The largest absolute Gasteiger partial charge is 0.416 e. The molecule has 0 unspecified atom stereocenters. The molecule has 2 aliphatic heterocycles. The maximum atomic E-state index is 13.4. The van der Waals surface area contributed by atoms with Crippen molar-refractivity contribution in [2.45, 2.75) is 25.6 Å². The minimum absolute atomic E-state index is 0.0684. The van der Waals surface area contributed by atoms with Gasteiger partial charge in [0.25, 0.3) is 0 Å². The first kappa shape index (κ1) is 23.4. The lowest BCUT2D eigenvalue weighted by Gasteiger charge is -2.33. The molecule has 35 heavy (non-hydrogen) atoms. The van der Waals surface area contributed by atoms with E-state index in [1.54, 1.807) is 19.2 Å². The van der Waals surface area contributed by atoms with Crippen LogP contribution in [0, 0.1) is 0 Å². The Hall–Kier alpha value is -3.34. The van der Waals surface area contributed by atoms with Crippen LogP contribution in [0.25, 0.3) is 10.9 Å². The number of piperazine rings is 1. The van der Waals surface area contributed by atoms with Gasteiger partial charge in [-0.1, -0.05) is 0 Å². The minimum Gasteiger partial charge on any atom is -0.399 e. The van der Waals surface area contributed by atoms with Crippen molar-refractivity contribution in [3.05, 3.63) is 41.6 Å². The summed E-state index contributed by atoms with van der Waals surface area (Å²) >= 11 is 0. The molecular formula is C24H29F3N8. The van der Waals surface area contributed by atoms with Gasteiger partial charge in [-0.2, -0.15) is 18.2 Å². The predicted molar refractivity (Wildman–Crippen MR) is 132 cm³/mol. The molecule has 1 atom stereocenters. The fraction of sp³-hybridized carbons (Fsp3) is 0.458. The van der Waals surface area contributed by atoms with E-state index >= 15 is 0 Å². The third-order valence-electron chi connectivity index (χ3n) is 6.68. The molecule has 2 aliphatic rings. The highest BCUT2D eigenvalue weighted by atomic mass is 19.4. The Kier molecular flexibility index (Phi) is 6.04. The van der Waals surface area contributed by atoms with Crippen molar-refractivity contribution in [2.24, 2.45) is 0 Å². The second-order valence-electron chi connectivity index (χ2n) is 9.31. The summed E-state index contributed by atoms with van der Waals surface area (Å²) < 4.78 is 40.1. The maximum Gasteiger partial charge on any atom is 0.416 e. The maximum absolute atomic E-state index is 13.4. The first-order valence-electron chi connectivity index (χ1n) is 11.8. The van der Waals surface area contributed by atoms with E-state index in [1.165, 1.54) is 0 Å². The summed E-state index contributed by atoms with van der Waals surface area (Å²) in [7, 11) is 2.10.